The van der Waals surface area contributed by atoms with Gasteiger partial charge in [0.2, 0.25) is 5.95 Å². The van der Waals surface area contributed by atoms with Crippen molar-refractivity contribution in [2.24, 2.45) is 0 Å². The minimum absolute atomic E-state index is 0.131. The number of H-pyrrole nitrogens is 1. The Morgan fingerprint density at radius 3 is 2.81 bits per heavy atom. The van der Waals surface area contributed by atoms with Crippen molar-refractivity contribution in [2.45, 2.75) is 30.7 Å². The lowest BCUT2D eigenvalue weighted by molar-refractivity contribution is -0.175. The van der Waals surface area contributed by atoms with Crippen LogP contribution in [0.3, 0.4) is 0 Å². The summed E-state index contributed by atoms with van der Waals surface area (Å²) in [5, 5.41) is 21.0. The lowest BCUT2D eigenvalue weighted by atomic mass is 10.1. The Hall–Kier alpha value is -2.71. The number of aromatic nitrogens is 4. The number of nitrogen functional groups attached to an aromatic ring is 1. The smallest absolute Gasteiger partial charge is 0.394 e. The molecule has 142 valence electrons. The number of carbonyl (C=O) groups is 1. The minimum Gasteiger partial charge on any atom is -0.394 e. The molecule has 0 saturated carbocycles. The maximum atomic E-state index is 12.6. The van der Waals surface area contributed by atoms with Gasteiger partial charge in [-0.3, -0.25) is 19.1 Å². The van der Waals surface area contributed by atoms with E-state index in [4.69, 9.17) is 10.5 Å². The number of alkyl halides is 3. The van der Waals surface area contributed by atoms with Crippen molar-refractivity contribution in [3.63, 3.8) is 0 Å². The van der Waals surface area contributed by atoms with E-state index in [2.05, 4.69) is 15.0 Å². The summed E-state index contributed by atoms with van der Waals surface area (Å²) in [5.74, 6) is -2.58. The number of nitrogens with two attached hydrogens (primary N) is 1. The number of ether oxygens (including phenoxy) is 1. The van der Waals surface area contributed by atoms with Crippen LogP contribution in [0.15, 0.2) is 11.1 Å². The number of aliphatic hydroxyl groups excluding tert-OH is 2. The molecule has 0 aliphatic carbocycles. The van der Waals surface area contributed by atoms with Gasteiger partial charge in [-0.25, -0.2) is 4.98 Å². The van der Waals surface area contributed by atoms with Gasteiger partial charge in [0.15, 0.2) is 17.4 Å². The maximum Gasteiger partial charge on any atom is 0.471 e. The topological polar surface area (TPSA) is 168 Å². The van der Waals surface area contributed by atoms with Crippen molar-refractivity contribution in [3.8, 4) is 0 Å². The lowest BCUT2D eigenvalue weighted by Gasteiger charge is -2.23. The van der Waals surface area contributed by atoms with E-state index in [1.54, 1.807) is 5.32 Å². The highest BCUT2D eigenvalue weighted by atomic mass is 19.4. The second-order valence-corrected chi connectivity index (χ2v) is 5.51. The number of fused-ring (bicyclic) bond motifs is 1. The summed E-state index contributed by atoms with van der Waals surface area (Å²) in [6.07, 6.45) is -8.52. The van der Waals surface area contributed by atoms with Gasteiger partial charge in [-0.1, -0.05) is 0 Å². The third kappa shape index (κ3) is 2.97. The summed E-state index contributed by atoms with van der Waals surface area (Å²) in [6.45, 7) is -0.723. The fraction of sp³-hybridized carbons (Fsp3) is 0.500. The molecule has 1 aliphatic heterocycles. The fourth-order valence-electron chi connectivity index (χ4n) is 2.65. The molecular formula is C12H13F3N6O5. The molecular weight excluding hydrogens is 365 g/mol. The van der Waals surface area contributed by atoms with Crippen LogP contribution in [-0.4, -0.2) is 66.7 Å². The minimum atomic E-state index is -5.20. The van der Waals surface area contributed by atoms with Crippen molar-refractivity contribution in [2.75, 3.05) is 12.3 Å². The van der Waals surface area contributed by atoms with E-state index in [0.717, 1.165) is 10.9 Å². The third-order valence-electron chi connectivity index (χ3n) is 3.83. The van der Waals surface area contributed by atoms with Crippen LogP contribution in [-0.2, 0) is 9.53 Å². The Morgan fingerprint density at radius 2 is 2.19 bits per heavy atom. The Kier molecular flexibility index (Phi) is 4.33. The van der Waals surface area contributed by atoms with Crippen molar-refractivity contribution in [3.05, 3.63) is 16.7 Å². The second-order valence-electron chi connectivity index (χ2n) is 5.51. The fourth-order valence-corrected chi connectivity index (χ4v) is 2.65. The number of hydrogen-bond donors (Lipinski definition) is 5. The predicted octanol–water partition coefficient (Wildman–Crippen LogP) is -2.00. The van der Waals surface area contributed by atoms with Crippen LogP contribution in [0.2, 0.25) is 0 Å². The zero-order chi connectivity index (χ0) is 19.2. The summed E-state index contributed by atoms with van der Waals surface area (Å²) in [4.78, 5) is 32.9. The average Bonchev–Trinajstić information content (AvgIpc) is 3.08. The average molecular weight is 378 g/mol. The predicted molar refractivity (Wildman–Crippen MR) is 77.5 cm³/mol. The van der Waals surface area contributed by atoms with E-state index < -0.39 is 48.7 Å². The summed E-state index contributed by atoms with van der Waals surface area (Å²) in [6, 6.07) is -1.60. The Morgan fingerprint density at radius 1 is 1.50 bits per heavy atom. The van der Waals surface area contributed by atoms with Crippen LogP contribution in [0.25, 0.3) is 11.2 Å². The van der Waals surface area contributed by atoms with E-state index in [1.165, 1.54) is 0 Å². The first-order chi connectivity index (χ1) is 12.1. The van der Waals surface area contributed by atoms with Gasteiger partial charge in [-0.15, -0.1) is 0 Å². The van der Waals surface area contributed by atoms with Gasteiger partial charge in [0.05, 0.1) is 12.9 Å². The molecule has 26 heavy (non-hydrogen) atoms. The quantitative estimate of drug-likeness (QED) is 0.408. The Balaban J connectivity index is 2.04. The highest BCUT2D eigenvalue weighted by Crippen LogP contribution is 2.31. The molecule has 1 fully saturated rings. The van der Waals surface area contributed by atoms with Crippen LogP contribution in [0.1, 0.15) is 6.23 Å². The summed E-state index contributed by atoms with van der Waals surface area (Å²) in [5.41, 5.74) is 4.45. The first-order valence-corrected chi connectivity index (χ1v) is 7.18. The molecule has 14 heteroatoms. The third-order valence-corrected chi connectivity index (χ3v) is 3.83. The van der Waals surface area contributed by atoms with Crippen molar-refractivity contribution in [1.29, 1.82) is 0 Å². The Bertz CT molecular complexity index is 896. The van der Waals surface area contributed by atoms with Crippen molar-refractivity contribution < 1.29 is 32.9 Å². The molecule has 11 nitrogen and oxygen atoms in total. The number of anilines is 1. The molecule has 4 atom stereocenters. The van der Waals surface area contributed by atoms with Crippen LogP contribution >= 0.6 is 0 Å². The van der Waals surface area contributed by atoms with E-state index in [0.29, 0.717) is 0 Å². The van der Waals surface area contributed by atoms with Gasteiger partial charge in [0.1, 0.15) is 18.2 Å². The molecule has 6 N–H and O–H groups in total. The van der Waals surface area contributed by atoms with E-state index in [-0.39, 0.29) is 17.1 Å². The molecule has 1 aliphatic rings. The molecule has 0 radical (unpaired) electrons. The zero-order valence-electron chi connectivity index (χ0n) is 12.8. The standard InChI is InChI=1S/C12H13F3N6O5/c13-12(14,15)10(25)18-4-6(23)3(1-22)26-9(4)21-2-17-5-7(21)19-11(16)20-8(5)24/h2-4,6,9,22-23H,1H2,(H,18,25)(H3,16,19,20,24). The highest BCUT2D eigenvalue weighted by molar-refractivity contribution is 5.82. The summed E-state index contributed by atoms with van der Waals surface area (Å²) < 4.78 is 44.1. The largest absolute Gasteiger partial charge is 0.471 e. The highest BCUT2D eigenvalue weighted by Gasteiger charge is 2.49. The molecule has 4 unspecified atom stereocenters. The molecule has 1 amide bonds. The van der Waals surface area contributed by atoms with E-state index in [9.17, 15) is 33.0 Å². The van der Waals surface area contributed by atoms with Crippen LogP contribution in [0.5, 0.6) is 0 Å². The first kappa shape index (κ1) is 18.1. The number of nitrogens with one attached hydrogen (secondary N) is 2. The monoisotopic (exact) mass is 378 g/mol. The zero-order valence-corrected chi connectivity index (χ0v) is 12.8. The van der Waals surface area contributed by atoms with Gasteiger partial charge >= 0.3 is 12.1 Å². The van der Waals surface area contributed by atoms with Gasteiger partial charge in [-0.2, -0.15) is 18.2 Å². The van der Waals surface area contributed by atoms with Crippen LogP contribution in [0.4, 0.5) is 19.1 Å². The van der Waals surface area contributed by atoms with Crippen LogP contribution < -0.4 is 16.6 Å². The van der Waals surface area contributed by atoms with Crippen LogP contribution in [0, 0.1) is 0 Å². The number of halogens is 3. The molecule has 0 bridgehead atoms. The summed E-state index contributed by atoms with van der Waals surface area (Å²) in [7, 11) is 0. The van der Waals surface area contributed by atoms with Gasteiger partial charge < -0.3 is 26.0 Å². The lowest BCUT2D eigenvalue weighted by Crippen LogP contribution is -2.50. The molecule has 3 rings (SSSR count). The SMILES string of the molecule is Nc1nc2c(ncn2C2OC(CO)C(O)C2NC(=O)C(F)(F)F)c(=O)[nH]1. The second kappa shape index (κ2) is 6.22. The molecule has 3 heterocycles. The van der Waals surface area contributed by atoms with Crippen molar-refractivity contribution >= 4 is 23.0 Å². The van der Waals surface area contributed by atoms with E-state index in [1.807, 2.05) is 0 Å². The first-order valence-electron chi connectivity index (χ1n) is 7.18. The van der Waals surface area contributed by atoms with Gasteiger partial charge in [0.25, 0.3) is 5.56 Å². The molecule has 2 aromatic heterocycles. The van der Waals surface area contributed by atoms with Gasteiger partial charge in [0, 0.05) is 0 Å². The number of nitrogens with zero attached hydrogens (tertiary/aromatic N) is 3. The molecule has 2 aromatic rings. The number of hydrogen-bond acceptors (Lipinski definition) is 8. The number of rotatable bonds is 3. The maximum absolute atomic E-state index is 12.6. The molecule has 0 aromatic carbocycles. The molecule has 0 spiro atoms. The van der Waals surface area contributed by atoms with Crippen molar-refractivity contribution in [1.82, 2.24) is 24.8 Å². The number of aliphatic hydroxyl groups is 2. The number of imidazole rings is 1. The number of aromatic amines is 1. The molecule has 1 saturated heterocycles. The summed E-state index contributed by atoms with van der Waals surface area (Å²) >= 11 is 0. The number of amides is 1. The normalized spacial score (nSPS) is 26.3. The van der Waals surface area contributed by atoms with Gasteiger partial charge in [-0.05, 0) is 0 Å². The number of carbonyl (C=O) groups excluding carboxylic acids is 1. The Labute approximate surface area is 141 Å². The van der Waals surface area contributed by atoms with E-state index >= 15 is 0 Å².